The quantitative estimate of drug-likeness (QED) is 0.113. The lowest BCUT2D eigenvalue weighted by atomic mass is 9.91. The number of hydrogen-bond donors (Lipinski definition) is 0. The SMILES string of the molecule is CC(C)(C)OC(=O)N1CCN(C(=O)C=Cc2ccc(Sc3ccc(C=CC(=O)N4CCN(C(=O)OC(C)(C)C)CC4)c(-c4ccccc4N4CCCC4)c3C(F)(F)F)c(C(F)(F)F)c2-c2ccccc2N2CCCC2)CC1. The van der Waals surface area contributed by atoms with Gasteiger partial charge in [0.15, 0.2) is 0 Å². The second-order valence-electron chi connectivity index (χ2n) is 21.6. The zero-order chi connectivity index (χ0) is 55.5. The molecule has 0 aliphatic carbocycles. The van der Waals surface area contributed by atoms with Crippen molar-refractivity contribution >= 4 is 59.3 Å². The molecule has 0 bridgehead atoms. The molecular weight excluding hydrogens is 1020 g/mol. The molecule has 4 aliphatic heterocycles. The average Bonchev–Trinajstić information content (AvgIpc) is 4.22. The maximum Gasteiger partial charge on any atom is 0.418 e. The van der Waals surface area contributed by atoms with E-state index in [1.165, 1.54) is 56.0 Å². The number of carbonyl (C=O) groups excluding carboxylic acids is 4. The van der Waals surface area contributed by atoms with Crippen LogP contribution in [0.5, 0.6) is 0 Å². The molecule has 4 amide bonds. The number of rotatable bonds is 10. The topological polar surface area (TPSA) is 106 Å². The first kappa shape index (κ1) is 56.6. The molecule has 0 saturated carbocycles. The van der Waals surface area contributed by atoms with Crippen LogP contribution in [0.1, 0.15) is 89.5 Å². The molecule has 4 aromatic carbocycles. The van der Waals surface area contributed by atoms with Gasteiger partial charge in [-0.1, -0.05) is 60.3 Å². The predicted molar refractivity (Wildman–Crippen MR) is 288 cm³/mol. The fourth-order valence-electron chi connectivity index (χ4n) is 10.2. The van der Waals surface area contributed by atoms with E-state index in [9.17, 15) is 19.2 Å². The molecule has 4 heterocycles. The Morgan fingerprint density at radius 3 is 1.10 bits per heavy atom. The van der Waals surface area contributed by atoms with E-state index >= 15 is 26.3 Å². The lowest BCUT2D eigenvalue weighted by Gasteiger charge is -2.35. The van der Waals surface area contributed by atoms with Gasteiger partial charge in [0.1, 0.15) is 11.2 Å². The second-order valence-corrected chi connectivity index (χ2v) is 22.7. The van der Waals surface area contributed by atoms with E-state index in [-0.39, 0.29) is 85.7 Å². The lowest BCUT2D eigenvalue weighted by Crippen LogP contribution is -2.51. The standard InChI is InChI=1S/C58H66F6N6O6S/c1-55(2,3)75-53(73)69-35-31-67(32-36-69)47(71)25-21-39-19-23-45(51(57(59,60)61)49(39)41-15-7-9-17-43(41)65-27-11-12-28-65)77-46-24-20-40(22-26-48(72)68-33-37-70(38-34-68)54(74)76-56(4,5)6)50(52(46)58(62,63)64)42-16-8-10-18-44(42)66-29-13-14-30-66/h7-10,15-26H,11-14,27-38H2,1-6H3. The highest BCUT2D eigenvalue weighted by molar-refractivity contribution is 7.99. The number of benzene rings is 4. The normalized spacial score (nSPS) is 17.0. The molecule has 4 aromatic rings. The van der Waals surface area contributed by atoms with Crippen LogP contribution in [0.25, 0.3) is 34.4 Å². The Bertz CT molecular complexity index is 2690. The van der Waals surface area contributed by atoms with Gasteiger partial charge in [-0.3, -0.25) is 9.59 Å². The largest absolute Gasteiger partial charge is 0.444 e. The Labute approximate surface area is 450 Å². The highest BCUT2D eigenvalue weighted by Crippen LogP contribution is 2.53. The monoisotopic (exact) mass is 1090 g/mol. The number of piperazine rings is 2. The number of nitrogens with zero attached hydrogens (tertiary/aromatic N) is 6. The number of ether oxygens (including phenoxy) is 2. The number of halogens is 6. The van der Waals surface area contributed by atoms with Crippen molar-refractivity contribution in [1.82, 2.24) is 19.6 Å². The molecule has 0 radical (unpaired) electrons. The smallest absolute Gasteiger partial charge is 0.418 e. The third-order valence-corrected chi connectivity index (χ3v) is 14.8. The maximum absolute atomic E-state index is 16.2. The molecular formula is C58H66F6N6O6S. The molecule has 0 unspecified atom stereocenters. The fourth-order valence-corrected chi connectivity index (χ4v) is 11.3. The molecule has 0 spiro atoms. The van der Waals surface area contributed by atoms with E-state index in [1.807, 2.05) is 9.80 Å². The molecule has 19 heteroatoms. The number of para-hydroxylation sites is 2. The Kier molecular flexibility index (Phi) is 17.0. The predicted octanol–water partition coefficient (Wildman–Crippen LogP) is 12.6. The van der Waals surface area contributed by atoms with Crippen LogP contribution in [-0.4, -0.2) is 133 Å². The average molecular weight is 1090 g/mol. The van der Waals surface area contributed by atoms with E-state index < -0.39 is 68.5 Å². The molecule has 0 atom stereocenters. The van der Waals surface area contributed by atoms with E-state index in [0.29, 0.717) is 49.3 Å². The Hall–Kier alpha value is -6.63. The van der Waals surface area contributed by atoms with Gasteiger partial charge in [-0.05, 0) is 115 Å². The molecule has 8 rings (SSSR count). The Morgan fingerprint density at radius 2 is 0.779 bits per heavy atom. The summed E-state index contributed by atoms with van der Waals surface area (Å²) < 4.78 is 108. The van der Waals surface area contributed by atoms with Gasteiger partial charge >= 0.3 is 24.5 Å². The van der Waals surface area contributed by atoms with Crippen LogP contribution in [0.15, 0.2) is 94.7 Å². The van der Waals surface area contributed by atoms with E-state index in [1.54, 1.807) is 90.1 Å². The van der Waals surface area contributed by atoms with Gasteiger partial charge in [-0.25, -0.2) is 9.59 Å². The highest BCUT2D eigenvalue weighted by Gasteiger charge is 2.42. The van der Waals surface area contributed by atoms with Gasteiger partial charge in [0.2, 0.25) is 11.8 Å². The van der Waals surface area contributed by atoms with Crippen molar-refractivity contribution in [3.8, 4) is 22.3 Å². The van der Waals surface area contributed by atoms with Crippen molar-refractivity contribution in [1.29, 1.82) is 0 Å². The van der Waals surface area contributed by atoms with Crippen LogP contribution in [0.2, 0.25) is 0 Å². The Balaban J connectivity index is 1.21. The lowest BCUT2D eigenvalue weighted by molar-refractivity contribution is -0.139. The van der Waals surface area contributed by atoms with Crippen LogP contribution < -0.4 is 9.80 Å². The first-order valence-corrected chi connectivity index (χ1v) is 26.9. The van der Waals surface area contributed by atoms with Gasteiger partial charge in [-0.2, -0.15) is 26.3 Å². The van der Waals surface area contributed by atoms with Crippen molar-refractivity contribution in [2.24, 2.45) is 0 Å². The molecule has 0 aromatic heterocycles. The summed E-state index contributed by atoms with van der Waals surface area (Å²) in [5.74, 6) is -0.986. The van der Waals surface area contributed by atoms with Crippen LogP contribution in [-0.2, 0) is 31.4 Å². The van der Waals surface area contributed by atoms with Crippen LogP contribution in [0.3, 0.4) is 0 Å². The van der Waals surface area contributed by atoms with Gasteiger partial charge in [0.25, 0.3) is 0 Å². The minimum atomic E-state index is -5.12. The molecule has 4 aliphatic rings. The second kappa shape index (κ2) is 23.1. The number of amides is 4. The number of anilines is 2. The summed E-state index contributed by atoms with van der Waals surface area (Å²) in [5, 5.41) is 0. The minimum Gasteiger partial charge on any atom is -0.444 e. The summed E-state index contributed by atoms with van der Waals surface area (Å²) in [5.41, 5.74) is -2.85. The molecule has 412 valence electrons. The summed E-state index contributed by atoms with van der Waals surface area (Å²) in [6.07, 6.45) is -2.99. The van der Waals surface area contributed by atoms with Crippen molar-refractivity contribution in [3.05, 3.63) is 107 Å². The molecule has 4 fully saturated rings. The fraction of sp³-hybridized carbons (Fsp3) is 0.448. The number of carbonyl (C=O) groups is 4. The number of hydrogen-bond acceptors (Lipinski definition) is 9. The summed E-state index contributed by atoms with van der Waals surface area (Å²) in [4.78, 5) is 62.0. The first-order valence-electron chi connectivity index (χ1n) is 26.1. The third kappa shape index (κ3) is 13.7. The zero-order valence-electron chi connectivity index (χ0n) is 44.4. The highest BCUT2D eigenvalue weighted by atomic mass is 32.2. The zero-order valence-corrected chi connectivity index (χ0v) is 45.2. The van der Waals surface area contributed by atoms with E-state index in [0.717, 1.165) is 37.8 Å². The minimum absolute atomic E-state index is 0.0294. The van der Waals surface area contributed by atoms with Crippen molar-refractivity contribution < 1.29 is 55.0 Å². The van der Waals surface area contributed by atoms with Crippen molar-refractivity contribution in [3.63, 3.8) is 0 Å². The molecule has 12 nitrogen and oxygen atoms in total. The van der Waals surface area contributed by atoms with Crippen molar-refractivity contribution in [2.75, 3.05) is 88.3 Å². The van der Waals surface area contributed by atoms with Crippen molar-refractivity contribution in [2.45, 2.75) is 101 Å². The third-order valence-electron chi connectivity index (χ3n) is 13.7. The maximum atomic E-state index is 16.2. The summed E-state index contributed by atoms with van der Waals surface area (Å²) in [6.45, 7) is 14.2. The summed E-state index contributed by atoms with van der Waals surface area (Å²) >= 11 is 0.361. The molecule has 77 heavy (non-hydrogen) atoms. The first-order chi connectivity index (χ1) is 36.4. The number of alkyl halides is 6. The molecule has 0 N–H and O–H groups in total. The van der Waals surface area contributed by atoms with Crippen LogP contribution in [0.4, 0.5) is 47.3 Å². The summed E-state index contributed by atoms with van der Waals surface area (Å²) in [6, 6.07) is 18.4. The van der Waals surface area contributed by atoms with E-state index in [4.69, 9.17) is 9.47 Å². The van der Waals surface area contributed by atoms with Gasteiger partial charge < -0.3 is 38.9 Å². The van der Waals surface area contributed by atoms with E-state index in [2.05, 4.69) is 0 Å². The summed E-state index contributed by atoms with van der Waals surface area (Å²) in [7, 11) is 0. The Morgan fingerprint density at radius 1 is 0.455 bits per heavy atom. The van der Waals surface area contributed by atoms with Gasteiger partial charge in [0, 0.05) is 134 Å². The van der Waals surface area contributed by atoms with Crippen LogP contribution >= 0.6 is 11.8 Å². The van der Waals surface area contributed by atoms with Gasteiger partial charge in [0.05, 0.1) is 11.1 Å². The van der Waals surface area contributed by atoms with Gasteiger partial charge in [-0.15, -0.1) is 0 Å². The van der Waals surface area contributed by atoms with Crippen LogP contribution in [0, 0.1) is 0 Å². The molecule has 4 saturated heterocycles.